The molecule has 0 aliphatic carbocycles. The largest absolute Gasteiger partial charge is 0.350 e. The van der Waals surface area contributed by atoms with Crippen LogP contribution in [0.15, 0.2) is 28.8 Å². The van der Waals surface area contributed by atoms with E-state index in [1.807, 2.05) is 29.2 Å². The van der Waals surface area contributed by atoms with Gasteiger partial charge in [0.2, 0.25) is 5.76 Å². The van der Waals surface area contributed by atoms with E-state index in [9.17, 15) is 4.79 Å². The van der Waals surface area contributed by atoms with Crippen molar-refractivity contribution in [2.24, 2.45) is 0 Å². The number of nitrogens with one attached hydrogen (secondary N) is 1. The molecule has 2 bridgehead atoms. The molecule has 2 saturated heterocycles. The first kappa shape index (κ1) is 14.4. The first-order valence-electron chi connectivity index (χ1n) is 7.21. The fourth-order valence-corrected chi connectivity index (χ4v) is 3.31. The number of carbonyl (C=O) groups is 1. The summed E-state index contributed by atoms with van der Waals surface area (Å²) in [7, 11) is 0. The van der Waals surface area contributed by atoms with E-state index >= 15 is 0 Å². The Hall–Kier alpha value is -1.59. The summed E-state index contributed by atoms with van der Waals surface area (Å²) >= 11 is 0. The lowest BCUT2D eigenvalue weighted by molar-refractivity contribution is 0.0709. The molecule has 2 aliphatic heterocycles. The number of hydrogen-bond acceptors (Lipinski definition) is 4. The molecule has 21 heavy (non-hydrogen) atoms. The molecule has 0 radical (unpaired) electrons. The number of likely N-dealkylation sites (tertiary alicyclic amines) is 1. The molecular formula is C15H18ClN3O2. The monoisotopic (exact) mass is 307 g/mol. The summed E-state index contributed by atoms with van der Waals surface area (Å²) in [6.07, 6.45) is 3.41. The van der Waals surface area contributed by atoms with E-state index in [0.29, 0.717) is 17.8 Å². The molecule has 1 aromatic heterocycles. The lowest BCUT2D eigenvalue weighted by Gasteiger charge is -2.23. The molecule has 0 spiro atoms. The van der Waals surface area contributed by atoms with Gasteiger partial charge in [-0.2, -0.15) is 0 Å². The van der Waals surface area contributed by atoms with Gasteiger partial charge in [-0.1, -0.05) is 17.3 Å². The average molecular weight is 308 g/mol. The Labute approximate surface area is 129 Å². The van der Waals surface area contributed by atoms with Crippen molar-refractivity contribution in [2.75, 3.05) is 13.1 Å². The van der Waals surface area contributed by atoms with Gasteiger partial charge in [0.1, 0.15) is 5.52 Å². The van der Waals surface area contributed by atoms with Crippen molar-refractivity contribution in [3.63, 3.8) is 0 Å². The molecule has 5 nitrogen and oxygen atoms in total. The van der Waals surface area contributed by atoms with Crippen molar-refractivity contribution in [1.29, 1.82) is 0 Å². The van der Waals surface area contributed by atoms with E-state index in [0.717, 1.165) is 36.8 Å². The molecule has 4 rings (SSSR count). The summed E-state index contributed by atoms with van der Waals surface area (Å²) in [5, 5.41) is 8.35. The zero-order valence-electron chi connectivity index (χ0n) is 11.6. The van der Waals surface area contributed by atoms with Crippen LogP contribution in [0.25, 0.3) is 10.9 Å². The first-order chi connectivity index (χ1) is 9.81. The van der Waals surface area contributed by atoms with Gasteiger partial charge in [0.25, 0.3) is 5.91 Å². The zero-order chi connectivity index (χ0) is 13.5. The maximum Gasteiger partial charge on any atom is 0.293 e. The van der Waals surface area contributed by atoms with Crippen LogP contribution in [0.3, 0.4) is 0 Å². The third-order valence-corrected chi connectivity index (χ3v) is 4.39. The van der Waals surface area contributed by atoms with E-state index in [2.05, 4.69) is 10.5 Å². The molecule has 2 atom stereocenters. The van der Waals surface area contributed by atoms with Gasteiger partial charge in [-0.05, 0) is 31.4 Å². The number of amides is 1. The van der Waals surface area contributed by atoms with Gasteiger partial charge in [0.15, 0.2) is 0 Å². The van der Waals surface area contributed by atoms with Crippen LogP contribution in [-0.4, -0.2) is 41.1 Å². The molecule has 6 heteroatoms. The third kappa shape index (κ3) is 2.51. The molecule has 2 fully saturated rings. The lowest BCUT2D eigenvalue weighted by Crippen LogP contribution is -2.39. The Bertz CT molecular complexity index is 657. The van der Waals surface area contributed by atoms with Crippen molar-refractivity contribution < 1.29 is 9.32 Å². The number of fused-ring (bicyclic) bond motifs is 3. The zero-order valence-corrected chi connectivity index (χ0v) is 12.4. The van der Waals surface area contributed by atoms with Crippen LogP contribution in [-0.2, 0) is 0 Å². The van der Waals surface area contributed by atoms with Crippen LogP contribution in [0.1, 0.15) is 29.8 Å². The predicted octanol–water partition coefficient (Wildman–Crippen LogP) is 2.22. The normalized spacial score (nSPS) is 24.7. The second-order valence-electron chi connectivity index (χ2n) is 5.71. The Morgan fingerprint density at radius 3 is 2.95 bits per heavy atom. The summed E-state index contributed by atoms with van der Waals surface area (Å²) in [4.78, 5) is 14.6. The number of rotatable bonds is 1. The smallest absolute Gasteiger partial charge is 0.293 e. The van der Waals surface area contributed by atoms with Crippen LogP contribution in [0.5, 0.6) is 0 Å². The first-order valence-corrected chi connectivity index (χ1v) is 7.21. The minimum Gasteiger partial charge on any atom is -0.350 e. The van der Waals surface area contributed by atoms with E-state index in [4.69, 9.17) is 4.52 Å². The van der Waals surface area contributed by atoms with Gasteiger partial charge in [0, 0.05) is 25.2 Å². The maximum atomic E-state index is 12.7. The molecule has 0 unspecified atom stereocenters. The highest BCUT2D eigenvalue weighted by atomic mass is 35.5. The molecule has 1 amide bonds. The van der Waals surface area contributed by atoms with Crippen molar-refractivity contribution in [1.82, 2.24) is 15.4 Å². The fraction of sp³-hybridized carbons (Fsp3) is 0.467. The molecular weight excluding hydrogens is 290 g/mol. The van der Waals surface area contributed by atoms with Crippen LogP contribution < -0.4 is 5.32 Å². The van der Waals surface area contributed by atoms with E-state index in [1.54, 1.807) is 0 Å². The predicted molar refractivity (Wildman–Crippen MR) is 81.7 cm³/mol. The van der Waals surface area contributed by atoms with Crippen molar-refractivity contribution in [3.8, 4) is 0 Å². The topological polar surface area (TPSA) is 58.4 Å². The van der Waals surface area contributed by atoms with Crippen molar-refractivity contribution in [2.45, 2.75) is 31.3 Å². The summed E-state index contributed by atoms with van der Waals surface area (Å²) in [6, 6.07) is 8.56. The van der Waals surface area contributed by atoms with Gasteiger partial charge < -0.3 is 14.7 Å². The third-order valence-electron chi connectivity index (χ3n) is 4.39. The molecule has 3 heterocycles. The number of aromatic nitrogens is 1. The average Bonchev–Trinajstić information content (AvgIpc) is 3.01. The Morgan fingerprint density at radius 2 is 2.05 bits per heavy atom. The Morgan fingerprint density at radius 1 is 1.24 bits per heavy atom. The maximum absolute atomic E-state index is 12.7. The van der Waals surface area contributed by atoms with Gasteiger partial charge in [0.05, 0.1) is 5.39 Å². The standard InChI is InChI=1S/C15H17N3O2.ClH/c19-15(14-12-3-1-2-4-13(12)17-20-14)18-8-7-10-5-6-11(9-18)16-10;/h1-4,10-11,16H,5-9H2;1H/t10-,11+;/m1./s1. The SMILES string of the molecule is Cl.O=C(c1onc2ccccc12)N1CC[C@H]2CC[C@@H](C1)N2. The number of hydrogen-bond donors (Lipinski definition) is 1. The van der Waals surface area contributed by atoms with Crippen LogP contribution in [0, 0.1) is 0 Å². The summed E-state index contributed by atoms with van der Waals surface area (Å²) in [5.74, 6) is 0.339. The van der Waals surface area contributed by atoms with Crippen LogP contribution in [0.4, 0.5) is 0 Å². The number of nitrogens with zero attached hydrogens (tertiary/aromatic N) is 2. The molecule has 0 saturated carbocycles. The van der Waals surface area contributed by atoms with E-state index in [-0.39, 0.29) is 18.3 Å². The molecule has 2 aliphatic rings. The molecule has 1 N–H and O–H groups in total. The highest BCUT2D eigenvalue weighted by Gasteiger charge is 2.33. The second-order valence-corrected chi connectivity index (χ2v) is 5.71. The number of halogens is 1. The lowest BCUT2D eigenvalue weighted by atomic mass is 10.1. The molecule has 112 valence electrons. The van der Waals surface area contributed by atoms with Crippen molar-refractivity contribution in [3.05, 3.63) is 30.0 Å². The van der Waals surface area contributed by atoms with Gasteiger partial charge in [-0.25, -0.2) is 0 Å². The Kier molecular flexibility index (Phi) is 3.87. The minimum absolute atomic E-state index is 0. The number of benzene rings is 1. The number of carbonyl (C=O) groups excluding carboxylic acids is 1. The highest BCUT2D eigenvalue weighted by Crippen LogP contribution is 2.24. The van der Waals surface area contributed by atoms with E-state index < -0.39 is 0 Å². The Balaban J connectivity index is 0.00000132. The summed E-state index contributed by atoms with van der Waals surface area (Å²) in [6.45, 7) is 1.56. The minimum atomic E-state index is -0.0342. The van der Waals surface area contributed by atoms with Crippen LogP contribution >= 0.6 is 12.4 Å². The highest BCUT2D eigenvalue weighted by molar-refractivity contribution is 6.03. The van der Waals surface area contributed by atoms with Gasteiger partial charge >= 0.3 is 0 Å². The van der Waals surface area contributed by atoms with E-state index in [1.165, 1.54) is 6.42 Å². The van der Waals surface area contributed by atoms with Gasteiger partial charge in [-0.3, -0.25) is 4.79 Å². The summed E-state index contributed by atoms with van der Waals surface area (Å²) < 4.78 is 5.29. The fourth-order valence-electron chi connectivity index (χ4n) is 3.31. The molecule has 2 aromatic rings. The quantitative estimate of drug-likeness (QED) is 0.877. The second kappa shape index (κ2) is 5.66. The van der Waals surface area contributed by atoms with Crippen LogP contribution in [0.2, 0.25) is 0 Å². The van der Waals surface area contributed by atoms with Gasteiger partial charge in [-0.15, -0.1) is 12.4 Å². The summed E-state index contributed by atoms with van der Waals surface area (Å²) in [5.41, 5.74) is 0.741. The molecule has 1 aromatic carbocycles. The van der Waals surface area contributed by atoms with Crippen molar-refractivity contribution >= 4 is 29.2 Å².